The summed E-state index contributed by atoms with van der Waals surface area (Å²) in [5.74, 6) is 0.863. The quantitative estimate of drug-likeness (QED) is 0.785. The summed E-state index contributed by atoms with van der Waals surface area (Å²) < 4.78 is 6.97. The monoisotopic (exact) mass is 363 g/mol. The summed E-state index contributed by atoms with van der Waals surface area (Å²) in [6.45, 7) is 5.61. The fraction of sp³-hybridized carbons (Fsp3) is 0.333. The predicted molar refractivity (Wildman–Crippen MR) is 93.0 cm³/mol. The largest absolute Gasteiger partial charge is 0.489 e. The van der Waals surface area contributed by atoms with E-state index in [0.717, 1.165) is 21.3 Å². The maximum absolute atomic E-state index is 9.33. The molecule has 0 heterocycles. The average Bonchev–Trinajstić information content (AvgIpc) is 2.48. The lowest BCUT2D eigenvalue weighted by Crippen LogP contribution is -2.24. The highest BCUT2D eigenvalue weighted by atomic mass is 79.9. The van der Waals surface area contributed by atoms with Gasteiger partial charge in [0, 0.05) is 23.1 Å². The van der Waals surface area contributed by atoms with E-state index in [0.29, 0.717) is 19.7 Å². The van der Waals surface area contributed by atoms with Crippen molar-refractivity contribution in [2.45, 2.75) is 33.1 Å². The van der Waals surface area contributed by atoms with E-state index in [4.69, 9.17) is 4.74 Å². The first-order valence-electron chi connectivity index (χ1n) is 7.40. The normalized spacial score (nSPS) is 12.2. The van der Waals surface area contributed by atoms with Crippen molar-refractivity contribution < 1.29 is 9.84 Å². The van der Waals surface area contributed by atoms with Crippen molar-refractivity contribution in [1.29, 1.82) is 0 Å². The molecule has 0 aromatic heterocycles. The molecule has 1 atom stereocenters. The second-order valence-electron chi connectivity index (χ2n) is 5.51. The Balaban J connectivity index is 2.01. The molecule has 0 amide bonds. The Morgan fingerprint density at radius 3 is 2.59 bits per heavy atom. The summed E-state index contributed by atoms with van der Waals surface area (Å²) in [6.07, 6.45) is -0.357. The molecule has 0 aliphatic rings. The van der Waals surface area contributed by atoms with Gasteiger partial charge in [-0.25, -0.2) is 0 Å². The standard InChI is InChI=1S/C18H22BrNO2/c1-13-3-5-15(6-4-13)12-22-18-8-7-17(19)9-16(18)11-20-10-14(2)21/h3-9,14,20-21H,10-12H2,1-2H3/t14-/m0/s1. The second-order valence-corrected chi connectivity index (χ2v) is 6.42. The Hall–Kier alpha value is -1.36. The van der Waals surface area contributed by atoms with Crippen LogP contribution in [0.3, 0.4) is 0 Å². The first-order valence-corrected chi connectivity index (χ1v) is 8.19. The summed E-state index contributed by atoms with van der Waals surface area (Å²) >= 11 is 3.49. The van der Waals surface area contributed by atoms with Crippen LogP contribution < -0.4 is 10.1 Å². The molecule has 0 saturated carbocycles. The summed E-state index contributed by atoms with van der Waals surface area (Å²) in [4.78, 5) is 0. The van der Waals surface area contributed by atoms with Crippen LogP contribution in [-0.2, 0) is 13.2 Å². The minimum atomic E-state index is -0.357. The highest BCUT2D eigenvalue weighted by Gasteiger charge is 2.06. The van der Waals surface area contributed by atoms with Crippen LogP contribution in [0.2, 0.25) is 0 Å². The van der Waals surface area contributed by atoms with Gasteiger partial charge >= 0.3 is 0 Å². The minimum Gasteiger partial charge on any atom is -0.489 e. The molecule has 0 unspecified atom stereocenters. The third-order valence-corrected chi connectivity index (χ3v) is 3.79. The van der Waals surface area contributed by atoms with Gasteiger partial charge in [-0.05, 0) is 37.6 Å². The Morgan fingerprint density at radius 2 is 1.91 bits per heavy atom. The zero-order chi connectivity index (χ0) is 15.9. The van der Waals surface area contributed by atoms with Crippen LogP contribution in [0.25, 0.3) is 0 Å². The summed E-state index contributed by atoms with van der Waals surface area (Å²) in [5, 5.41) is 12.5. The highest BCUT2D eigenvalue weighted by Crippen LogP contribution is 2.24. The Kier molecular flexibility index (Phi) is 6.43. The number of aliphatic hydroxyl groups is 1. The van der Waals surface area contributed by atoms with E-state index in [1.54, 1.807) is 6.92 Å². The molecule has 0 radical (unpaired) electrons. The number of rotatable bonds is 7. The zero-order valence-electron chi connectivity index (χ0n) is 13.0. The molecule has 0 aliphatic heterocycles. The van der Waals surface area contributed by atoms with Crippen LogP contribution in [0.15, 0.2) is 46.9 Å². The molecule has 0 bridgehead atoms. The van der Waals surface area contributed by atoms with Gasteiger partial charge in [-0.1, -0.05) is 45.8 Å². The molecular weight excluding hydrogens is 342 g/mol. The number of nitrogens with one attached hydrogen (secondary N) is 1. The number of ether oxygens (including phenoxy) is 1. The van der Waals surface area contributed by atoms with Gasteiger partial charge in [0.2, 0.25) is 0 Å². The molecule has 2 aromatic carbocycles. The van der Waals surface area contributed by atoms with Crippen molar-refractivity contribution in [2.24, 2.45) is 0 Å². The molecule has 2 N–H and O–H groups in total. The van der Waals surface area contributed by atoms with Crippen molar-refractivity contribution in [2.75, 3.05) is 6.54 Å². The summed E-state index contributed by atoms with van der Waals surface area (Å²) in [6, 6.07) is 14.3. The lowest BCUT2D eigenvalue weighted by molar-refractivity contribution is 0.190. The van der Waals surface area contributed by atoms with Gasteiger partial charge in [-0.2, -0.15) is 0 Å². The molecule has 3 nitrogen and oxygen atoms in total. The lowest BCUT2D eigenvalue weighted by Gasteiger charge is -2.14. The summed E-state index contributed by atoms with van der Waals surface area (Å²) in [7, 11) is 0. The van der Waals surface area contributed by atoms with Gasteiger partial charge < -0.3 is 15.2 Å². The molecule has 4 heteroatoms. The molecule has 2 aromatic rings. The number of aryl methyl sites for hydroxylation is 1. The van der Waals surface area contributed by atoms with Gasteiger partial charge in [0.1, 0.15) is 12.4 Å². The smallest absolute Gasteiger partial charge is 0.124 e. The summed E-state index contributed by atoms with van der Waals surface area (Å²) in [5.41, 5.74) is 3.47. The molecular formula is C18H22BrNO2. The first-order chi connectivity index (χ1) is 10.5. The van der Waals surface area contributed by atoms with E-state index in [1.165, 1.54) is 5.56 Å². The minimum absolute atomic E-state index is 0.357. The number of hydrogen-bond donors (Lipinski definition) is 2. The number of hydrogen-bond acceptors (Lipinski definition) is 3. The van der Waals surface area contributed by atoms with E-state index < -0.39 is 0 Å². The number of halogens is 1. The Labute approximate surface area is 140 Å². The first kappa shape index (κ1) is 17.0. The highest BCUT2D eigenvalue weighted by molar-refractivity contribution is 9.10. The third-order valence-electron chi connectivity index (χ3n) is 3.29. The average molecular weight is 364 g/mol. The number of benzene rings is 2. The van der Waals surface area contributed by atoms with E-state index in [2.05, 4.69) is 52.4 Å². The maximum atomic E-state index is 9.33. The SMILES string of the molecule is Cc1ccc(COc2ccc(Br)cc2CNC[C@H](C)O)cc1. The fourth-order valence-corrected chi connectivity index (χ4v) is 2.50. The van der Waals surface area contributed by atoms with Crippen LogP contribution in [-0.4, -0.2) is 17.8 Å². The molecule has 118 valence electrons. The molecule has 0 spiro atoms. The van der Waals surface area contributed by atoms with Crippen LogP contribution >= 0.6 is 15.9 Å². The van der Waals surface area contributed by atoms with Crippen molar-refractivity contribution >= 4 is 15.9 Å². The van der Waals surface area contributed by atoms with E-state index in [9.17, 15) is 5.11 Å². The van der Waals surface area contributed by atoms with Crippen LogP contribution in [0.1, 0.15) is 23.6 Å². The van der Waals surface area contributed by atoms with Crippen LogP contribution in [0.4, 0.5) is 0 Å². The maximum Gasteiger partial charge on any atom is 0.124 e. The van der Waals surface area contributed by atoms with Crippen LogP contribution in [0, 0.1) is 6.92 Å². The van der Waals surface area contributed by atoms with E-state index >= 15 is 0 Å². The van der Waals surface area contributed by atoms with Gasteiger partial charge in [0.15, 0.2) is 0 Å². The molecule has 0 fully saturated rings. The topological polar surface area (TPSA) is 41.5 Å². The van der Waals surface area contributed by atoms with E-state index in [-0.39, 0.29) is 6.10 Å². The fourth-order valence-electron chi connectivity index (χ4n) is 2.09. The van der Waals surface area contributed by atoms with Gasteiger partial charge in [-0.3, -0.25) is 0 Å². The van der Waals surface area contributed by atoms with Gasteiger partial charge in [0.25, 0.3) is 0 Å². The van der Waals surface area contributed by atoms with Crippen LogP contribution in [0.5, 0.6) is 5.75 Å². The Bertz CT molecular complexity index is 597. The molecule has 0 saturated heterocycles. The van der Waals surface area contributed by atoms with Crippen molar-refractivity contribution in [3.05, 3.63) is 63.6 Å². The lowest BCUT2D eigenvalue weighted by atomic mass is 10.1. The van der Waals surface area contributed by atoms with Crippen molar-refractivity contribution in [3.8, 4) is 5.75 Å². The zero-order valence-corrected chi connectivity index (χ0v) is 14.6. The molecule has 0 aliphatic carbocycles. The number of aliphatic hydroxyl groups excluding tert-OH is 1. The predicted octanol–water partition coefficient (Wildman–Crippen LogP) is 3.81. The third kappa shape index (κ3) is 5.44. The van der Waals surface area contributed by atoms with Crippen molar-refractivity contribution in [3.63, 3.8) is 0 Å². The van der Waals surface area contributed by atoms with Gasteiger partial charge in [-0.15, -0.1) is 0 Å². The second kappa shape index (κ2) is 8.32. The molecule has 22 heavy (non-hydrogen) atoms. The van der Waals surface area contributed by atoms with E-state index in [1.807, 2.05) is 18.2 Å². The van der Waals surface area contributed by atoms with Crippen molar-refractivity contribution in [1.82, 2.24) is 5.32 Å². The molecule has 2 rings (SSSR count). The Morgan fingerprint density at radius 1 is 1.18 bits per heavy atom. The van der Waals surface area contributed by atoms with Gasteiger partial charge in [0.05, 0.1) is 6.10 Å².